The number of carboxylic acids is 1. The molecule has 2 fully saturated rings. The number of aliphatic carboxylic acids is 1. The number of esters is 1. The minimum atomic E-state index is -1.28. The van der Waals surface area contributed by atoms with Gasteiger partial charge in [-0.15, -0.1) is 11.3 Å². The fraction of sp³-hybridized carbons (Fsp3) is 0.289. The van der Waals surface area contributed by atoms with Crippen LogP contribution in [0.15, 0.2) is 83.7 Å². The lowest BCUT2D eigenvalue weighted by Gasteiger charge is -2.38. The molecular weight excluding hydrogens is 742 g/mol. The average molecular weight is 777 g/mol. The second-order valence-electron chi connectivity index (χ2n) is 13.6. The van der Waals surface area contributed by atoms with E-state index in [2.05, 4.69) is 20.2 Å². The Labute approximate surface area is 318 Å². The summed E-state index contributed by atoms with van der Waals surface area (Å²) in [6.45, 7) is 5.09. The van der Waals surface area contributed by atoms with Crippen LogP contribution in [0, 0.1) is 11.6 Å². The van der Waals surface area contributed by atoms with Gasteiger partial charge in [0.2, 0.25) is 0 Å². The topological polar surface area (TPSA) is 137 Å². The molecular formula is C38H35ClF2N6O6S. The van der Waals surface area contributed by atoms with Gasteiger partial charge in [0.1, 0.15) is 22.4 Å². The van der Waals surface area contributed by atoms with E-state index in [0.717, 1.165) is 6.07 Å². The molecule has 5 heterocycles. The number of carbonyl (C=O) groups is 3. The van der Waals surface area contributed by atoms with Gasteiger partial charge in [0.25, 0.3) is 0 Å². The van der Waals surface area contributed by atoms with Crippen molar-refractivity contribution in [2.75, 3.05) is 44.7 Å². The molecule has 0 spiro atoms. The number of hydrogen-bond acceptors (Lipinski definition) is 10. The number of urea groups is 1. The number of piperazine rings is 1. The fourth-order valence-electron chi connectivity index (χ4n) is 6.82. The van der Waals surface area contributed by atoms with Gasteiger partial charge in [-0.25, -0.2) is 28.3 Å². The fourth-order valence-corrected chi connectivity index (χ4v) is 7.72. The molecule has 16 heteroatoms. The van der Waals surface area contributed by atoms with Crippen LogP contribution in [0.1, 0.15) is 35.9 Å². The average Bonchev–Trinajstić information content (AvgIpc) is 3.80. The number of nitrogens with zero attached hydrogens (tertiary/aromatic N) is 5. The summed E-state index contributed by atoms with van der Waals surface area (Å²) in [5.74, 6) is -2.96. The number of benzene rings is 2. The number of ether oxygens (including phenoxy) is 2. The van der Waals surface area contributed by atoms with E-state index >= 15 is 0 Å². The first-order valence-corrected chi connectivity index (χ1v) is 18.2. The van der Waals surface area contributed by atoms with E-state index in [1.165, 1.54) is 62.8 Å². The highest BCUT2D eigenvalue weighted by Gasteiger charge is 2.42. The zero-order chi connectivity index (χ0) is 38.3. The van der Waals surface area contributed by atoms with E-state index in [-0.39, 0.29) is 28.6 Å². The standard InChI is InChI=1S/C38H35ClF2N6O6S/c1-38(2,36(49)50)21-4-8-31(28(41)14-21)53-24-6-9-32(43-17-24)47-19-23-18-45(11-12-46(23)37(47)51)20-30-33(35(48)52-3)26(25-7-5-22(40)15-27(25)39)16-29(44-30)34-42-10-13-54-34/h4-10,13-17,23,26,44H,11-12,18-20H2,1-3H3,(H,49,50)/t23-,26-/m0/s1. The van der Waals surface area contributed by atoms with Gasteiger partial charge in [-0.05, 0) is 67.4 Å². The highest BCUT2D eigenvalue weighted by molar-refractivity contribution is 7.10. The summed E-state index contributed by atoms with van der Waals surface area (Å²) in [6.07, 6.45) is 4.93. The number of amides is 2. The lowest BCUT2D eigenvalue weighted by molar-refractivity contribution is -0.142. The molecule has 3 aliphatic heterocycles. The molecule has 0 radical (unpaired) electrons. The first-order chi connectivity index (χ1) is 25.8. The molecule has 0 bridgehead atoms. The van der Waals surface area contributed by atoms with Crippen molar-refractivity contribution < 1.29 is 37.7 Å². The molecule has 2 saturated heterocycles. The Morgan fingerprint density at radius 3 is 2.57 bits per heavy atom. The van der Waals surface area contributed by atoms with Crippen LogP contribution in [0.3, 0.4) is 0 Å². The predicted octanol–water partition coefficient (Wildman–Crippen LogP) is 6.41. The van der Waals surface area contributed by atoms with E-state index in [9.17, 15) is 28.3 Å². The van der Waals surface area contributed by atoms with Crippen molar-refractivity contribution in [3.05, 3.63) is 116 Å². The molecule has 2 atom stereocenters. The molecule has 4 aromatic rings. The van der Waals surface area contributed by atoms with Crippen molar-refractivity contribution in [3.8, 4) is 11.5 Å². The smallest absolute Gasteiger partial charge is 0.336 e. The van der Waals surface area contributed by atoms with Crippen LogP contribution in [0.25, 0.3) is 5.70 Å². The van der Waals surface area contributed by atoms with Crippen molar-refractivity contribution in [3.63, 3.8) is 0 Å². The number of hydrogen-bond donors (Lipinski definition) is 2. The van der Waals surface area contributed by atoms with Crippen LogP contribution in [0.4, 0.5) is 19.4 Å². The molecule has 3 aliphatic rings. The van der Waals surface area contributed by atoms with Gasteiger partial charge >= 0.3 is 18.0 Å². The zero-order valence-electron chi connectivity index (χ0n) is 29.4. The van der Waals surface area contributed by atoms with Crippen molar-refractivity contribution in [1.29, 1.82) is 0 Å². The number of allylic oxidation sites excluding steroid dienone is 1. The molecule has 2 N–H and O–H groups in total. The maximum absolute atomic E-state index is 14.9. The summed E-state index contributed by atoms with van der Waals surface area (Å²) in [6, 6.07) is 10.9. The molecule has 280 valence electrons. The Morgan fingerprint density at radius 1 is 1.09 bits per heavy atom. The quantitative estimate of drug-likeness (QED) is 0.174. The van der Waals surface area contributed by atoms with Gasteiger partial charge in [-0.2, -0.15) is 0 Å². The molecule has 7 rings (SSSR count). The number of aromatic nitrogens is 2. The first kappa shape index (κ1) is 37.0. The number of carbonyl (C=O) groups excluding carboxylic acids is 2. The maximum Gasteiger partial charge on any atom is 0.336 e. The highest BCUT2D eigenvalue weighted by Crippen LogP contribution is 2.40. The Bertz CT molecular complexity index is 2180. The maximum atomic E-state index is 14.9. The summed E-state index contributed by atoms with van der Waals surface area (Å²) in [7, 11) is 1.31. The van der Waals surface area contributed by atoms with Crippen LogP contribution in [-0.2, 0) is 19.7 Å². The van der Waals surface area contributed by atoms with E-state index < -0.39 is 34.9 Å². The number of dihydropyridines is 1. The second-order valence-corrected chi connectivity index (χ2v) is 14.9. The van der Waals surface area contributed by atoms with Crippen molar-refractivity contribution in [2.45, 2.75) is 31.2 Å². The highest BCUT2D eigenvalue weighted by atomic mass is 35.5. The van der Waals surface area contributed by atoms with Gasteiger partial charge in [-0.3, -0.25) is 14.6 Å². The molecule has 54 heavy (non-hydrogen) atoms. The summed E-state index contributed by atoms with van der Waals surface area (Å²) in [5.41, 5.74) is 1.16. The van der Waals surface area contributed by atoms with Crippen LogP contribution in [-0.4, -0.2) is 88.7 Å². The normalized spacial score (nSPS) is 19.0. The van der Waals surface area contributed by atoms with Crippen molar-refractivity contribution in [1.82, 2.24) is 25.1 Å². The third kappa shape index (κ3) is 7.13. The second kappa shape index (κ2) is 14.8. The van der Waals surface area contributed by atoms with Gasteiger partial charge in [-0.1, -0.05) is 23.7 Å². The molecule has 0 unspecified atom stereocenters. The van der Waals surface area contributed by atoms with Crippen LogP contribution in [0.5, 0.6) is 11.5 Å². The van der Waals surface area contributed by atoms with Gasteiger partial charge in [0.05, 0.1) is 42.6 Å². The predicted molar refractivity (Wildman–Crippen MR) is 197 cm³/mol. The van der Waals surface area contributed by atoms with Crippen molar-refractivity contribution >= 4 is 52.4 Å². The van der Waals surface area contributed by atoms with Gasteiger partial charge in [0.15, 0.2) is 11.6 Å². The lowest BCUT2D eigenvalue weighted by atomic mass is 9.85. The summed E-state index contributed by atoms with van der Waals surface area (Å²) in [4.78, 5) is 53.0. The van der Waals surface area contributed by atoms with E-state index in [4.69, 9.17) is 21.1 Å². The van der Waals surface area contributed by atoms with Gasteiger partial charge < -0.3 is 24.8 Å². The number of carboxylic acid groups (broad SMARTS) is 1. The van der Waals surface area contributed by atoms with E-state index in [1.807, 2.05) is 11.5 Å². The Morgan fingerprint density at radius 2 is 1.91 bits per heavy atom. The summed E-state index contributed by atoms with van der Waals surface area (Å²) < 4.78 is 39.9. The van der Waals surface area contributed by atoms with Crippen LogP contribution < -0.4 is 15.0 Å². The SMILES string of the molecule is COC(=O)C1=C(CN2CCN3C(=O)N(c4ccc(Oc5ccc(C(C)(C)C(=O)O)cc5F)cn4)C[C@@H]3C2)NC(c2nccs2)=C[C@H]1c1ccc(F)cc1Cl. The Balaban J connectivity index is 1.07. The van der Waals surface area contributed by atoms with Crippen molar-refractivity contribution in [2.24, 2.45) is 0 Å². The number of fused-ring (bicyclic) bond motifs is 1. The molecule has 0 aliphatic carbocycles. The molecule has 12 nitrogen and oxygen atoms in total. The zero-order valence-corrected chi connectivity index (χ0v) is 31.0. The lowest BCUT2D eigenvalue weighted by Crippen LogP contribution is -2.53. The molecule has 0 saturated carbocycles. The van der Waals surface area contributed by atoms with E-state index in [1.54, 1.807) is 34.2 Å². The molecule has 2 aromatic carbocycles. The number of pyridine rings is 1. The van der Waals surface area contributed by atoms with E-state index in [0.29, 0.717) is 71.6 Å². The third-order valence-corrected chi connectivity index (χ3v) is 11.0. The summed E-state index contributed by atoms with van der Waals surface area (Å²) >= 11 is 7.96. The summed E-state index contributed by atoms with van der Waals surface area (Å²) in [5, 5.41) is 15.6. The largest absolute Gasteiger partial charge is 0.481 e. The minimum Gasteiger partial charge on any atom is -0.481 e. The third-order valence-electron chi connectivity index (χ3n) is 9.85. The monoisotopic (exact) mass is 776 g/mol. The molecule has 2 amide bonds. The number of anilines is 1. The van der Waals surface area contributed by atoms with Gasteiger partial charge in [0, 0.05) is 54.4 Å². The number of nitrogens with one attached hydrogen (secondary N) is 1. The Kier molecular flexibility index (Phi) is 10.1. The Hall–Kier alpha value is -5.38. The number of rotatable bonds is 10. The number of methoxy groups -OCH3 is 1. The van der Waals surface area contributed by atoms with Crippen LogP contribution in [0.2, 0.25) is 5.02 Å². The number of halogens is 3. The molecule has 2 aromatic heterocycles. The van der Waals surface area contributed by atoms with Crippen LogP contribution >= 0.6 is 22.9 Å². The minimum absolute atomic E-state index is 0.0942. The first-order valence-electron chi connectivity index (χ1n) is 17.0. The number of thiazole rings is 1.